The van der Waals surface area contributed by atoms with Gasteiger partial charge in [0.05, 0.1) is 16.7 Å². The molecular weight excluding hydrogens is 665 g/mol. The van der Waals surface area contributed by atoms with Gasteiger partial charge >= 0.3 is 0 Å². The quantitative estimate of drug-likeness (QED) is 0.164. The largest absolute Gasteiger partial charge is 0.294 e. The smallest absolute Gasteiger partial charge is 0.138 e. The van der Waals surface area contributed by atoms with Crippen molar-refractivity contribution in [3.8, 4) is 50.5 Å². The van der Waals surface area contributed by atoms with E-state index in [1.807, 2.05) is 0 Å². The minimum atomic E-state index is 0.903. The molecule has 9 aromatic carbocycles. The van der Waals surface area contributed by atoms with Crippen molar-refractivity contribution in [1.82, 2.24) is 9.55 Å². The molecule has 0 fully saturated rings. The Hall–Kier alpha value is -7.29. The number of benzene rings is 9. The first kappa shape index (κ1) is 31.3. The maximum atomic E-state index is 5.30. The van der Waals surface area contributed by atoms with E-state index in [0.717, 1.165) is 33.7 Å². The maximum absolute atomic E-state index is 5.30. The average Bonchev–Trinajstić information content (AvgIpc) is 3.60. The summed E-state index contributed by atoms with van der Waals surface area (Å²) in [5, 5.41) is 10.2. The van der Waals surface area contributed by atoms with Crippen LogP contribution in [0.3, 0.4) is 0 Å². The molecule has 0 aliphatic heterocycles. The van der Waals surface area contributed by atoms with E-state index < -0.39 is 0 Å². The van der Waals surface area contributed by atoms with Gasteiger partial charge in [-0.1, -0.05) is 158 Å². The molecule has 0 unspecified atom stereocenters. The van der Waals surface area contributed by atoms with Gasteiger partial charge < -0.3 is 0 Å². The van der Waals surface area contributed by atoms with Gasteiger partial charge in [-0.15, -0.1) is 0 Å². The third-order valence-corrected chi connectivity index (χ3v) is 11.2. The van der Waals surface area contributed by atoms with E-state index in [1.54, 1.807) is 0 Å². The Balaban J connectivity index is 0.977. The second kappa shape index (κ2) is 12.7. The van der Waals surface area contributed by atoms with Crippen molar-refractivity contribution in [2.24, 2.45) is 0 Å². The van der Waals surface area contributed by atoms with Gasteiger partial charge in [0, 0.05) is 16.3 Å². The molecule has 0 aliphatic rings. The fourth-order valence-corrected chi connectivity index (χ4v) is 8.56. The van der Waals surface area contributed by atoms with Crippen molar-refractivity contribution >= 4 is 54.1 Å². The molecule has 11 rings (SSSR count). The van der Waals surface area contributed by atoms with Gasteiger partial charge in [-0.3, -0.25) is 4.57 Å². The summed E-state index contributed by atoms with van der Waals surface area (Å²) in [7, 11) is 0. The Kier molecular flexibility index (Phi) is 7.21. The van der Waals surface area contributed by atoms with Crippen LogP contribution >= 0.6 is 0 Å². The van der Waals surface area contributed by atoms with E-state index in [1.165, 1.54) is 70.9 Å². The summed E-state index contributed by atoms with van der Waals surface area (Å²) in [5.74, 6) is 0.903. The SMILES string of the molecule is c1ccc(-c2ccc3c(c2)c2ccccc2n3-c2cccc(-c3cccc(-c4cccc(-c5ccc6c7ccccc7c7ccccc7c6c5)c4)c3)n2)cc1. The van der Waals surface area contributed by atoms with Crippen LogP contribution in [0.4, 0.5) is 0 Å². The van der Waals surface area contributed by atoms with Crippen LogP contribution in [-0.2, 0) is 0 Å². The molecule has 0 radical (unpaired) electrons. The Morgan fingerprint density at radius 3 is 1.42 bits per heavy atom. The Morgan fingerprint density at radius 2 is 0.709 bits per heavy atom. The third kappa shape index (κ3) is 5.22. The van der Waals surface area contributed by atoms with Gasteiger partial charge in [-0.25, -0.2) is 4.98 Å². The van der Waals surface area contributed by atoms with Crippen LogP contribution in [0, 0.1) is 0 Å². The molecule has 2 nitrogen and oxygen atoms in total. The third-order valence-electron chi connectivity index (χ3n) is 11.2. The molecule has 0 aliphatic carbocycles. The zero-order valence-electron chi connectivity index (χ0n) is 30.0. The van der Waals surface area contributed by atoms with Gasteiger partial charge in [0.2, 0.25) is 0 Å². The minimum Gasteiger partial charge on any atom is -0.294 e. The Labute approximate surface area is 319 Å². The predicted octanol–water partition coefficient (Wildman–Crippen LogP) is 14.3. The van der Waals surface area contributed by atoms with Crippen LogP contribution in [0.1, 0.15) is 0 Å². The second-order valence-corrected chi connectivity index (χ2v) is 14.3. The molecule has 0 saturated heterocycles. The molecule has 0 spiro atoms. The number of para-hydroxylation sites is 1. The lowest BCUT2D eigenvalue weighted by Gasteiger charge is -2.13. The van der Waals surface area contributed by atoms with E-state index in [2.05, 4.69) is 211 Å². The summed E-state index contributed by atoms with van der Waals surface area (Å²) >= 11 is 0. The van der Waals surface area contributed by atoms with Crippen LogP contribution in [0.15, 0.2) is 206 Å². The second-order valence-electron chi connectivity index (χ2n) is 14.3. The molecule has 0 N–H and O–H groups in total. The number of pyridine rings is 1. The molecule has 11 aromatic rings. The summed E-state index contributed by atoms with van der Waals surface area (Å²) in [4.78, 5) is 5.30. The molecular formula is C53H34N2. The molecule has 0 saturated carbocycles. The molecule has 2 heterocycles. The molecule has 0 atom stereocenters. The van der Waals surface area contributed by atoms with Crippen LogP contribution < -0.4 is 0 Å². The summed E-state index contributed by atoms with van der Waals surface area (Å²) in [6, 6.07) is 74.5. The number of aromatic nitrogens is 2. The maximum Gasteiger partial charge on any atom is 0.138 e. The van der Waals surface area contributed by atoms with Crippen molar-refractivity contribution in [2.45, 2.75) is 0 Å². The van der Waals surface area contributed by atoms with Crippen molar-refractivity contribution < 1.29 is 0 Å². The topological polar surface area (TPSA) is 17.8 Å². The van der Waals surface area contributed by atoms with E-state index in [4.69, 9.17) is 4.98 Å². The van der Waals surface area contributed by atoms with E-state index in [9.17, 15) is 0 Å². The standard InChI is InChI=1S/C53H34N2/c1-2-13-35(14-3-1)39-28-30-52-49(34-39)47-23-8-9-25-51(47)55(52)53-26-12-24-50(54-53)41-18-11-17-38(32-41)36-15-10-16-37(31-36)40-27-29-46-44-21-5-4-19-42(44)43-20-6-7-22-45(43)48(46)33-40/h1-34H. The number of nitrogens with zero attached hydrogens (tertiary/aromatic N) is 2. The zero-order chi connectivity index (χ0) is 36.3. The highest BCUT2D eigenvalue weighted by Crippen LogP contribution is 2.39. The highest BCUT2D eigenvalue weighted by Gasteiger charge is 2.15. The predicted molar refractivity (Wildman–Crippen MR) is 233 cm³/mol. The molecule has 55 heavy (non-hydrogen) atoms. The summed E-state index contributed by atoms with van der Waals surface area (Å²) in [6.07, 6.45) is 0. The molecule has 0 amide bonds. The van der Waals surface area contributed by atoms with Crippen molar-refractivity contribution in [3.63, 3.8) is 0 Å². The monoisotopic (exact) mass is 698 g/mol. The van der Waals surface area contributed by atoms with Gasteiger partial charge in [-0.2, -0.15) is 0 Å². The normalized spacial score (nSPS) is 11.6. The van der Waals surface area contributed by atoms with Crippen LogP contribution in [0.25, 0.3) is 105 Å². The lowest BCUT2D eigenvalue weighted by atomic mass is 9.91. The number of hydrogen-bond donors (Lipinski definition) is 0. The first-order valence-corrected chi connectivity index (χ1v) is 18.9. The van der Waals surface area contributed by atoms with Crippen LogP contribution in [-0.4, -0.2) is 9.55 Å². The van der Waals surface area contributed by atoms with E-state index >= 15 is 0 Å². The fourth-order valence-electron chi connectivity index (χ4n) is 8.56. The van der Waals surface area contributed by atoms with Crippen LogP contribution in [0.5, 0.6) is 0 Å². The van der Waals surface area contributed by atoms with E-state index in [0.29, 0.717) is 0 Å². The zero-order valence-corrected chi connectivity index (χ0v) is 30.0. The van der Waals surface area contributed by atoms with Gasteiger partial charge in [0.1, 0.15) is 5.82 Å². The summed E-state index contributed by atoms with van der Waals surface area (Å²) < 4.78 is 2.30. The highest BCUT2D eigenvalue weighted by molar-refractivity contribution is 6.25. The van der Waals surface area contributed by atoms with Crippen LogP contribution in [0.2, 0.25) is 0 Å². The summed E-state index contributed by atoms with van der Waals surface area (Å²) in [5.41, 5.74) is 11.5. The number of hydrogen-bond acceptors (Lipinski definition) is 1. The van der Waals surface area contributed by atoms with Gasteiger partial charge in [0.25, 0.3) is 0 Å². The number of rotatable bonds is 5. The molecule has 256 valence electrons. The van der Waals surface area contributed by atoms with Gasteiger partial charge in [0.15, 0.2) is 0 Å². The first-order chi connectivity index (χ1) is 27.3. The molecule has 2 aromatic heterocycles. The lowest BCUT2D eigenvalue weighted by Crippen LogP contribution is -1.98. The average molecular weight is 699 g/mol. The van der Waals surface area contributed by atoms with Crippen molar-refractivity contribution in [2.75, 3.05) is 0 Å². The van der Waals surface area contributed by atoms with E-state index in [-0.39, 0.29) is 0 Å². The highest BCUT2D eigenvalue weighted by atomic mass is 15.1. The lowest BCUT2D eigenvalue weighted by molar-refractivity contribution is 1.08. The van der Waals surface area contributed by atoms with Gasteiger partial charge in [-0.05, 0) is 114 Å². The summed E-state index contributed by atoms with van der Waals surface area (Å²) in [6.45, 7) is 0. The fraction of sp³-hybridized carbons (Fsp3) is 0. The minimum absolute atomic E-state index is 0.903. The first-order valence-electron chi connectivity index (χ1n) is 18.9. The Bertz CT molecular complexity index is 3230. The Morgan fingerprint density at radius 1 is 0.255 bits per heavy atom. The number of fused-ring (bicyclic) bond motifs is 9. The molecule has 0 bridgehead atoms. The van der Waals surface area contributed by atoms with Crippen molar-refractivity contribution in [1.29, 1.82) is 0 Å². The molecule has 2 heteroatoms. The van der Waals surface area contributed by atoms with Crippen molar-refractivity contribution in [3.05, 3.63) is 206 Å².